The Morgan fingerprint density at radius 3 is 3.06 bits per heavy atom. The summed E-state index contributed by atoms with van der Waals surface area (Å²) in [7, 11) is 0. The molecule has 1 fully saturated rings. The fourth-order valence-corrected chi connectivity index (χ4v) is 2.06. The second-order valence-corrected chi connectivity index (χ2v) is 4.25. The van der Waals surface area contributed by atoms with Crippen molar-refractivity contribution in [1.82, 2.24) is 9.38 Å². The predicted molar refractivity (Wildman–Crippen MR) is 58.5 cm³/mol. The quantitative estimate of drug-likeness (QED) is 0.851. The van der Waals surface area contributed by atoms with Gasteiger partial charge in [0.25, 0.3) is 0 Å². The fourth-order valence-electron chi connectivity index (χ4n) is 2.06. The van der Waals surface area contributed by atoms with Crippen LogP contribution in [0.2, 0.25) is 0 Å². The average molecular weight is 216 g/mol. The first-order valence-corrected chi connectivity index (χ1v) is 5.42. The van der Waals surface area contributed by atoms with Gasteiger partial charge >= 0.3 is 5.97 Å². The number of aromatic nitrogens is 2. The first-order valence-electron chi connectivity index (χ1n) is 5.42. The predicted octanol–water partition coefficient (Wildman–Crippen LogP) is 1.84. The molecule has 0 bridgehead atoms. The van der Waals surface area contributed by atoms with E-state index in [4.69, 9.17) is 5.11 Å². The van der Waals surface area contributed by atoms with Crippen LogP contribution in [0.1, 0.15) is 30.1 Å². The Bertz CT molecular complexity index is 555. The van der Waals surface area contributed by atoms with Gasteiger partial charge < -0.3 is 9.51 Å². The molecule has 0 unspecified atom stereocenters. The smallest absolute Gasteiger partial charge is 0.307 e. The Morgan fingerprint density at radius 1 is 1.56 bits per heavy atom. The first-order chi connectivity index (χ1) is 7.75. The zero-order valence-electron chi connectivity index (χ0n) is 8.76. The van der Waals surface area contributed by atoms with E-state index < -0.39 is 5.97 Å². The highest BCUT2D eigenvalue weighted by atomic mass is 16.4. The van der Waals surface area contributed by atoms with Gasteiger partial charge in [-0.3, -0.25) is 4.79 Å². The van der Waals surface area contributed by atoms with Crippen molar-refractivity contribution in [2.24, 2.45) is 0 Å². The van der Waals surface area contributed by atoms with Crippen LogP contribution >= 0.6 is 0 Å². The molecule has 3 rings (SSSR count). The topological polar surface area (TPSA) is 54.6 Å². The van der Waals surface area contributed by atoms with Gasteiger partial charge in [-0.25, -0.2) is 4.98 Å². The summed E-state index contributed by atoms with van der Waals surface area (Å²) < 4.78 is 2.02. The Hall–Kier alpha value is -1.84. The molecule has 0 aromatic carbocycles. The minimum absolute atomic E-state index is 0.0557. The maximum Gasteiger partial charge on any atom is 0.307 e. The molecule has 0 radical (unpaired) electrons. The molecule has 1 aliphatic rings. The number of aliphatic carboxylic acids is 1. The molecule has 2 aromatic rings. The summed E-state index contributed by atoms with van der Waals surface area (Å²) in [4.78, 5) is 15.1. The lowest BCUT2D eigenvalue weighted by Gasteiger charge is -2.03. The molecule has 16 heavy (non-hydrogen) atoms. The molecule has 2 heterocycles. The maximum absolute atomic E-state index is 10.7. The van der Waals surface area contributed by atoms with E-state index in [1.807, 2.05) is 22.7 Å². The van der Waals surface area contributed by atoms with Crippen molar-refractivity contribution in [3.05, 3.63) is 35.9 Å². The summed E-state index contributed by atoms with van der Waals surface area (Å²) in [6.45, 7) is 0. The molecule has 4 heteroatoms. The number of carboxylic acids is 1. The summed E-state index contributed by atoms with van der Waals surface area (Å²) in [5, 5.41) is 8.83. The second-order valence-electron chi connectivity index (χ2n) is 4.25. The van der Waals surface area contributed by atoms with E-state index in [-0.39, 0.29) is 6.42 Å². The van der Waals surface area contributed by atoms with Gasteiger partial charge in [-0.15, -0.1) is 0 Å². The van der Waals surface area contributed by atoms with Gasteiger partial charge in [0.05, 0.1) is 18.1 Å². The van der Waals surface area contributed by atoms with Crippen molar-refractivity contribution in [3.8, 4) is 0 Å². The highest BCUT2D eigenvalue weighted by Crippen LogP contribution is 2.39. The Labute approximate surface area is 92.5 Å². The third kappa shape index (κ3) is 1.46. The Balaban J connectivity index is 2.12. The van der Waals surface area contributed by atoms with Crippen LogP contribution < -0.4 is 0 Å². The molecular weight excluding hydrogens is 204 g/mol. The van der Waals surface area contributed by atoms with Crippen molar-refractivity contribution in [1.29, 1.82) is 0 Å². The van der Waals surface area contributed by atoms with Gasteiger partial charge in [0.1, 0.15) is 5.82 Å². The van der Waals surface area contributed by atoms with E-state index in [9.17, 15) is 4.79 Å². The molecule has 1 saturated carbocycles. The minimum atomic E-state index is -0.803. The minimum Gasteiger partial charge on any atom is -0.481 e. The van der Waals surface area contributed by atoms with E-state index in [1.165, 1.54) is 12.8 Å². The molecule has 0 atom stereocenters. The van der Waals surface area contributed by atoms with Gasteiger partial charge in [0.2, 0.25) is 0 Å². The summed E-state index contributed by atoms with van der Waals surface area (Å²) in [5.74, 6) is 0.840. The average Bonchev–Trinajstić information content (AvgIpc) is 2.98. The molecule has 4 nitrogen and oxygen atoms in total. The van der Waals surface area contributed by atoms with E-state index >= 15 is 0 Å². The van der Waals surface area contributed by atoms with E-state index in [0.717, 1.165) is 16.9 Å². The summed E-state index contributed by atoms with van der Waals surface area (Å²) >= 11 is 0. The molecule has 82 valence electrons. The lowest BCUT2D eigenvalue weighted by atomic mass is 10.2. The second kappa shape index (κ2) is 3.33. The lowest BCUT2D eigenvalue weighted by molar-refractivity contribution is -0.136. The van der Waals surface area contributed by atoms with Crippen molar-refractivity contribution in [3.63, 3.8) is 0 Å². The Kier molecular flexibility index (Phi) is 1.96. The van der Waals surface area contributed by atoms with E-state index in [1.54, 1.807) is 6.20 Å². The van der Waals surface area contributed by atoms with Crippen molar-refractivity contribution < 1.29 is 9.90 Å². The number of hydrogen-bond acceptors (Lipinski definition) is 2. The number of nitrogens with zero attached hydrogens (tertiary/aromatic N) is 2. The SMILES string of the molecule is O=C(O)Cc1cccn2c(C3CC3)ncc12. The number of hydrogen-bond donors (Lipinski definition) is 1. The van der Waals surface area contributed by atoms with Gasteiger partial charge in [-0.1, -0.05) is 6.07 Å². The van der Waals surface area contributed by atoms with E-state index in [2.05, 4.69) is 4.98 Å². The van der Waals surface area contributed by atoms with Crippen LogP contribution in [0.15, 0.2) is 24.5 Å². The van der Waals surface area contributed by atoms with Crippen LogP contribution in [-0.4, -0.2) is 20.5 Å². The van der Waals surface area contributed by atoms with Crippen molar-refractivity contribution in [2.45, 2.75) is 25.2 Å². The lowest BCUT2D eigenvalue weighted by Crippen LogP contribution is -2.02. The fraction of sp³-hybridized carbons (Fsp3) is 0.333. The molecule has 1 aliphatic carbocycles. The van der Waals surface area contributed by atoms with Gasteiger partial charge in [0, 0.05) is 12.1 Å². The van der Waals surface area contributed by atoms with Crippen LogP contribution in [0.5, 0.6) is 0 Å². The molecular formula is C12H12N2O2. The number of carboxylic acid groups (broad SMARTS) is 1. The molecule has 1 N–H and O–H groups in total. The monoisotopic (exact) mass is 216 g/mol. The van der Waals surface area contributed by atoms with Crippen LogP contribution in [0.4, 0.5) is 0 Å². The first kappa shape index (κ1) is 9.39. The third-order valence-corrected chi connectivity index (χ3v) is 2.97. The van der Waals surface area contributed by atoms with Gasteiger partial charge in [-0.2, -0.15) is 0 Å². The number of pyridine rings is 1. The normalized spacial score (nSPS) is 15.5. The highest BCUT2D eigenvalue weighted by Gasteiger charge is 2.28. The van der Waals surface area contributed by atoms with Crippen molar-refractivity contribution >= 4 is 11.5 Å². The number of imidazole rings is 1. The van der Waals surface area contributed by atoms with E-state index in [0.29, 0.717) is 5.92 Å². The van der Waals surface area contributed by atoms with Crippen LogP contribution in [0.3, 0.4) is 0 Å². The van der Waals surface area contributed by atoms with Gasteiger partial charge in [0.15, 0.2) is 0 Å². The summed E-state index contributed by atoms with van der Waals surface area (Å²) in [6, 6.07) is 3.74. The number of carbonyl (C=O) groups is 1. The summed E-state index contributed by atoms with van der Waals surface area (Å²) in [5.41, 5.74) is 1.75. The Morgan fingerprint density at radius 2 is 2.38 bits per heavy atom. The van der Waals surface area contributed by atoms with Crippen LogP contribution in [0.25, 0.3) is 5.52 Å². The molecule has 0 aliphatic heterocycles. The summed E-state index contributed by atoms with van der Waals surface area (Å²) in [6.07, 6.45) is 6.19. The maximum atomic E-state index is 10.7. The number of rotatable bonds is 3. The van der Waals surface area contributed by atoms with Crippen LogP contribution in [-0.2, 0) is 11.2 Å². The van der Waals surface area contributed by atoms with Crippen LogP contribution in [0, 0.1) is 0 Å². The number of fused-ring (bicyclic) bond motifs is 1. The zero-order valence-corrected chi connectivity index (χ0v) is 8.76. The molecule has 0 saturated heterocycles. The third-order valence-electron chi connectivity index (χ3n) is 2.97. The van der Waals surface area contributed by atoms with Gasteiger partial charge in [-0.05, 0) is 24.5 Å². The van der Waals surface area contributed by atoms with Crippen molar-refractivity contribution in [2.75, 3.05) is 0 Å². The molecule has 2 aromatic heterocycles. The zero-order chi connectivity index (χ0) is 11.1. The highest BCUT2D eigenvalue weighted by molar-refractivity contribution is 5.74. The molecule has 0 spiro atoms. The largest absolute Gasteiger partial charge is 0.481 e. The molecule has 0 amide bonds. The standard InChI is InChI=1S/C12H12N2O2/c15-11(16)6-9-2-1-5-14-10(9)7-13-12(14)8-3-4-8/h1-2,5,7-8H,3-4,6H2,(H,15,16).